The van der Waals surface area contributed by atoms with Gasteiger partial charge in [0.25, 0.3) is 0 Å². The lowest BCUT2D eigenvalue weighted by molar-refractivity contribution is 0.303. The highest BCUT2D eigenvalue weighted by Gasteiger charge is 2.11. The molecule has 2 aromatic rings. The molecule has 0 radical (unpaired) electrons. The maximum absolute atomic E-state index is 5.68. The summed E-state index contributed by atoms with van der Waals surface area (Å²) < 4.78 is 10.9. The molecule has 0 spiro atoms. The maximum Gasteiger partial charge on any atom is 0.330 e. The minimum absolute atomic E-state index is 0.0988. The van der Waals surface area contributed by atoms with E-state index in [-0.39, 0.29) is 18.0 Å². The zero-order valence-corrected chi connectivity index (χ0v) is 12.3. The first kappa shape index (κ1) is 14.9. The van der Waals surface area contributed by atoms with Crippen LogP contribution in [0.2, 0.25) is 0 Å². The molecular weight excluding hydrogens is 272 g/mol. The van der Waals surface area contributed by atoms with Gasteiger partial charge in [0.1, 0.15) is 0 Å². The van der Waals surface area contributed by atoms with Crippen molar-refractivity contribution in [3.8, 4) is 17.8 Å². The van der Waals surface area contributed by atoms with Gasteiger partial charge in [-0.25, -0.2) is 5.84 Å². The Labute approximate surface area is 122 Å². The molecule has 0 fully saturated rings. The van der Waals surface area contributed by atoms with Crippen molar-refractivity contribution in [1.29, 1.82) is 0 Å². The van der Waals surface area contributed by atoms with Crippen molar-refractivity contribution in [3.05, 3.63) is 23.5 Å². The number of nitrogens with two attached hydrogens (primary N) is 1. The average Bonchev–Trinajstić information content (AvgIpc) is 2.49. The fraction of sp³-hybridized carbons (Fsp3) is 0.385. The highest BCUT2D eigenvalue weighted by molar-refractivity contribution is 5.33. The van der Waals surface area contributed by atoms with Gasteiger partial charge in [0.2, 0.25) is 5.95 Å². The number of aromatic nitrogens is 4. The van der Waals surface area contributed by atoms with Crippen LogP contribution >= 0.6 is 0 Å². The van der Waals surface area contributed by atoms with Gasteiger partial charge in [-0.3, -0.25) is 10.4 Å². The van der Waals surface area contributed by atoms with Crippen molar-refractivity contribution >= 4 is 5.95 Å². The number of aryl methyl sites for hydroxylation is 2. The van der Waals surface area contributed by atoms with Crippen LogP contribution in [0.4, 0.5) is 5.95 Å². The van der Waals surface area contributed by atoms with E-state index in [4.69, 9.17) is 15.3 Å². The predicted molar refractivity (Wildman–Crippen MR) is 77.2 cm³/mol. The number of nitrogens with zero attached hydrogens (tertiary/aromatic N) is 4. The Morgan fingerprint density at radius 2 is 1.86 bits per heavy atom. The van der Waals surface area contributed by atoms with Gasteiger partial charge < -0.3 is 9.47 Å². The third-order valence-electron chi connectivity index (χ3n) is 2.60. The number of hydrazine groups is 1. The van der Waals surface area contributed by atoms with Gasteiger partial charge in [-0.05, 0) is 32.4 Å². The summed E-state index contributed by atoms with van der Waals surface area (Å²) in [6, 6.07) is 3.94. The quantitative estimate of drug-likeness (QED) is 0.610. The average molecular weight is 290 g/mol. The van der Waals surface area contributed by atoms with Gasteiger partial charge in [0, 0.05) is 5.69 Å². The SMILES string of the molecule is CCOc1nc(NN)nc(Oc2ccc(C)nc2CC)n1. The van der Waals surface area contributed by atoms with Crippen molar-refractivity contribution in [3.63, 3.8) is 0 Å². The second-order valence-electron chi connectivity index (χ2n) is 4.15. The van der Waals surface area contributed by atoms with Gasteiger partial charge >= 0.3 is 12.0 Å². The van der Waals surface area contributed by atoms with E-state index < -0.39 is 0 Å². The molecule has 8 heteroatoms. The second kappa shape index (κ2) is 6.80. The molecule has 21 heavy (non-hydrogen) atoms. The monoisotopic (exact) mass is 290 g/mol. The zero-order valence-electron chi connectivity index (χ0n) is 12.3. The number of rotatable bonds is 6. The summed E-state index contributed by atoms with van der Waals surface area (Å²) >= 11 is 0. The fourth-order valence-corrected chi connectivity index (χ4v) is 1.68. The number of hydrogen-bond acceptors (Lipinski definition) is 8. The third kappa shape index (κ3) is 3.76. The Balaban J connectivity index is 2.32. The Morgan fingerprint density at radius 1 is 1.10 bits per heavy atom. The zero-order chi connectivity index (χ0) is 15.2. The highest BCUT2D eigenvalue weighted by atomic mass is 16.5. The van der Waals surface area contributed by atoms with Gasteiger partial charge in [-0.2, -0.15) is 9.97 Å². The standard InChI is InChI=1S/C13H18N6O2/c1-4-9-10(7-6-8(3)15-9)21-13-17-11(19-14)16-12(18-13)20-5-2/h6-7H,4-5,14H2,1-3H3,(H,16,17,18,19). The third-order valence-corrected chi connectivity index (χ3v) is 2.60. The second-order valence-corrected chi connectivity index (χ2v) is 4.15. The molecule has 0 aliphatic rings. The Kier molecular flexibility index (Phi) is 4.83. The van der Waals surface area contributed by atoms with Gasteiger partial charge in [0.05, 0.1) is 12.3 Å². The molecule has 2 aromatic heterocycles. The number of nitrogen functional groups attached to an aromatic ring is 1. The minimum Gasteiger partial charge on any atom is -0.464 e. The van der Waals surface area contributed by atoms with Crippen LogP contribution in [0.15, 0.2) is 12.1 Å². The van der Waals surface area contributed by atoms with Gasteiger partial charge in [-0.1, -0.05) is 6.92 Å². The van der Waals surface area contributed by atoms with Gasteiger partial charge in [0.15, 0.2) is 5.75 Å². The number of anilines is 1. The van der Waals surface area contributed by atoms with E-state index in [1.807, 2.05) is 32.9 Å². The summed E-state index contributed by atoms with van der Waals surface area (Å²) in [6.45, 7) is 6.19. The molecule has 0 aromatic carbocycles. The van der Waals surface area contributed by atoms with Crippen molar-refractivity contribution in [2.75, 3.05) is 12.0 Å². The Morgan fingerprint density at radius 3 is 2.52 bits per heavy atom. The Bertz CT molecular complexity index is 620. The first-order chi connectivity index (χ1) is 10.2. The maximum atomic E-state index is 5.68. The molecule has 0 bridgehead atoms. The molecule has 0 atom stereocenters. The lowest BCUT2D eigenvalue weighted by Crippen LogP contribution is -2.13. The van der Waals surface area contributed by atoms with E-state index in [1.165, 1.54) is 0 Å². The summed E-state index contributed by atoms with van der Waals surface area (Å²) in [4.78, 5) is 16.5. The summed E-state index contributed by atoms with van der Waals surface area (Å²) in [5.41, 5.74) is 4.11. The van der Waals surface area contributed by atoms with Crippen molar-refractivity contribution in [2.24, 2.45) is 5.84 Å². The van der Waals surface area contributed by atoms with E-state index in [0.717, 1.165) is 17.8 Å². The van der Waals surface area contributed by atoms with Crippen LogP contribution in [-0.2, 0) is 6.42 Å². The predicted octanol–water partition coefficient (Wildman–Crippen LogP) is 1.61. The van der Waals surface area contributed by atoms with Crippen LogP contribution < -0.4 is 20.7 Å². The van der Waals surface area contributed by atoms with E-state index in [2.05, 4.69) is 25.4 Å². The molecular formula is C13H18N6O2. The Hall–Kier alpha value is -2.48. The first-order valence-electron chi connectivity index (χ1n) is 6.66. The van der Waals surface area contributed by atoms with Crippen LogP contribution in [0.25, 0.3) is 0 Å². The lowest BCUT2D eigenvalue weighted by Gasteiger charge is -2.10. The van der Waals surface area contributed by atoms with Gasteiger partial charge in [-0.15, -0.1) is 4.98 Å². The smallest absolute Gasteiger partial charge is 0.330 e. The van der Waals surface area contributed by atoms with Crippen LogP contribution in [-0.4, -0.2) is 26.5 Å². The molecule has 0 aliphatic carbocycles. The molecule has 2 rings (SSSR count). The molecule has 0 unspecified atom stereocenters. The summed E-state index contributed by atoms with van der Waals surface area (Å²) in [6.07, 6.45) is 0.739. The van der Waals surface area contributed by atoms with Crippen molar-refractivity contribution in [1.82, 2.24) is 19.9 Å². The minimum atomic E-state index is 0.0988. The summed E-state index contributed by atoms with van der Waals surface area (Å²) in [7, 11) is 0. The first-order valence-corrected chi connectivity index (χ1v) is 6.66. The highest BCUT2D eigenvalue weighted by Crippen LogP contribution is 2.24. The molecule has 0 amide bonds. The van der Waals surface area contributed by atoms with Crippen molar-refractivity contribution < 1.29 is 9.47 Å². The normalized spacial score (nSPS) is 10.3. The molecule has 0 saturated heterocycles. The van der Waals surface area contributed by atoms with Crippen LogP contribution in [0.5, 0.6) is 17.8 Å². The van der Waals surface area contributed by atoms with E-state index in [1.54, 1.807) is 0 Å². The molecule has 8 nitrogen and oxygen atoms in total. The largest absolute Gasteiger partial charge is 0.464 e. The van der Waals surface area contributed by atoms with E-state index in [0.29, 0.717) is 12.4 Å². The summed E-state index contributed by atoms with van der Waals surface area (Å²) in [5.74, 6) is 6.09. The molecule has 3 N–H and O–H groups in total. The lowest BCUT2D eigenvalue weighted by atomic mass is 10.2. The molecule has 0 saturated carbocycles. The molecule has 112 valence electrons. The van der Waals surface area contributed by atoms with Crippen molar-refractivity contribution in [2.45, 2.75) is 27.2 Å². The molecule has 2 heterocycles. The summed E-state index contributed by atoms with van der Waals surface area (Å²) in [5, 5.41) is 0. The molecule has 0 aliphatic heterocycles. The van der Waals surface area contributed by atoms with Crippen LogP contribution in [0.1, 0.15) is 25.2 Å². The number of ether oxygens (including phenoxy) is 2. The van der Waals surface area contributed by atoms with E-state index >= 15 is 0 Å². The van der Waals surface area contributed by atoms with Crippen LogP contribution in [0.3, 0.4) is 0 Å². The topological polar surface area (TPSA) is 108 Å². The van der Waals surface area contributed by atoms with E-state index in [9.17, 15) is 0 Å². The van der Waals surface area contributed by atoms with Crippen LogP contribution in [0, 0.1) is 6.92 Å². The fourth-order valence-electron chi connectivity index (χ4n) is 1.68. The number of pyridine rings is 1. The number of nitrogens with one attached hydrogen (secondary N) is 1. The number of hydrogen-bond donors (Lipinski definition) is 2.